The second-order valence-corrected chi connectivity index (χ2v) is 8.60. The van der Waals surface area contributed by atoms with Crippen molar-refractivity contribution < 1.29 is 22.7 Å². The number of carbonyl (C=O) groups excluding carboxylic acids is 2. The van der Waals surface area contributed by atoms with Crippen LogP contribution < -0.4 is 4.72 Å². The molecule has 0 heterocycles. The van der Waals surface area contributed by atoms with Gasteiger partial charge in [-0.05, 0) is 62.2 Å². The molecule has 1 N–H and O–H groups in total. The van der Waals surface area contributed by atoms with E-state index in [2.05, 4.69) is 4.72 Å². The summed E-state index contributed by atoms with van der Waals surface area (Å²) in [6.07, 6.45) is 0. The fourth-order valence-electron chi connectivity index (χ4n) is 2.53. The molecule has 0 fully saturated rings. The summed E-state index contributed by atoms with van der Waals surface area (Å²) in [5, 5.41) is 0.0795. The van der Waals surface area contributed by atoms with Gasteiger partial charge in [0.2, 0.25) is 0 Å². The van der Waals surface area contributed by atoms with E-state index in [0.717, 1.165) is 16.0 Å². The molecule has 2 aromatic carbocycles. The lowest BCUT2D eigenvalue weighted by Gasteiger charge is -2.17. The first-order chi connectivity index (χ1) is 13.5. The van der Waals surface area contributed by atoms with E-state index in [1.54, 1.807) is 19.1 Å². The molecule has 2 rings (SSSR count). The number of nitrogens with zero attached hydrogens (tertiary/aromatic N) is 1. The summed E-state index contributed by atoms with van der Waals surface area (Å²) >= 11 is 6.10. The monoisotopic (exact) mass is 438 g/mol. The standard InChI is InChI=1S/C20H23ClN2O5S/c1-5-28-19(24)12-23(4)20(25)17-11-16(8-9-18(17)21)29(26,27)22-15-7-6-13(2)14(3)10-15/h6-11,22H,5,12H2,1-4H3. The topological polar surface area (TPSA) is 92.8 Å². The van der Waals surface area contributed by atoms with Crippen LogP contribution in [0.1, 0.15) is 28.4 Å². The minimum atomic E-state index is -3.94. The van der Waals surface area contributed by atoms with Crippen LogP contribution in [0, 0.1) is 13.8 Å². The third kappa shape index (κ3) is 5.71. The fraction of sp³-hybridized carbons (Fsp3) is 0.300. The molecule has 0 radical (unpaired) electrons. The van der Waals surface area contributed by atoms with E-state index in [9.17, 15) is 18.0 Å². The van der Waals surface area contributed by atoms with Crippen molar-refractivity contribution >= 4 is 39.2 Å². The van der Waals surface area contributed by atoms with Crippen LogP contribution in [0.4, 0.5) is 5.69 Å². The van der Waals surface area contributed by atoms with Gasteiger partial charge in [-0.3, -0.25) is 14.3 Å². The minimum absolute atomic E-state index is 0.0265. The van der Waals surface area contributed by atoms with Crippen molar-refractivity contribution in [1.29, 1.82) is 0 Å². The van der Waals surface area contributed by atoms with Gasteiger partial charge in [0, 0.05) is 12.7 Å². The average molecular weight is 439 g/mol. The van der Waals surface area contributed by atoms with Gasteiger partial charge >= 0.3 is 5.97 Å². The van der Waals surface area contributed by atoms with Crippen molar-refractivity contribution in [3.63, 3.8) is 0 Å². The zero-order valence-electron chi connectivity index (χ0n) is 16.7. The van der Waals surface area contributed by atoms with Gasteiger partial charge in [-0.15, -0.1) is 0 Å². The normalized spacial score (nSPS) is 11.1. The Bertz CT molecular complexity index is 1040. The molecule has 0 unspecified atom stereocenters. The molecule has 0 aliphatic heterocycles. The first-order valence-corrected chi connectivity index (χ1v) is 10.7. The predicted octanol–water partition coefficient (Wildman–Crippen LogP) is 3.39. The number of hydrogen-bond acceptors (Lipinski definition) is 5. The van der Waals surface area contributed by atoms with Crippen molar-refractivity contribution in [3.8, 4) is 0 Å². The van der Waals surface area contributed by atoms with Crippen molar-refractivity contribution in [1.82, 2.24) is 4.90 Å². The van der Waals surface area contributed by atoms with Crippen LogP contribution in [-0.4, -0.2) is 45.4 Å². The Morgan fingerprint density at radius 3 is 2.41 bits per heavy atom. The van der Waals surface area contributed by atoms with Crippen LogP contribution in [0.15, 0.2) is 41.3 Å². The van der Waals surface area contributed by atoms with E-state index in [0.29, 0.717) is 5.69 Å². The molecule has 156 valence electrons. The van der Waals surface area contributed by atoms with Gasteiger partial charge in [0.05, 0.1) is 22.1 Å². The van der Waals surface area contributed by atoms with E-state index in [1.165, 1.54) is 25.2 Å². The number of amides is 1. The number of likely N-dealkylation sites (N-methyl/N-ethyl adjacent to an activating group) is 1. The van der Waals surface area contributed by atoms with Crippen molar-refractivity contribution in [2.75, 3.05) is 24.9 Å². The van der Waals surface area contributed by atoms with Gasteiger partial charge in [-0.2, -0.15) is 0 Å². The van der Waals surface area contributed by atoms with Gasteiger partial charge in [-0.25, -0.2) is 8.42 Å². The molecular weight excluding hydrogens is 416 g/mol. The average Bonchev–Trinajstić information content (AvgIpc) is 2.64. The van der Waals surface area contributed by atoms with E-state index >= 15 is 0 Å². The number of ether oxygens (including phenoxy) is 1. The lowest BCUT2D eigenvalue weighted by Crippen LogP contribution is -2.33. The maximum Gasteiger partial charge on any atom is 0.325 e. The van der Waals surface area contributed by atoms with Crippen LogP contribution in [0.5, 0.6) is 0 Å². The van der Waals surface area contributed by atoms with Gasteiger partial charge in [-0.1, -0.05) is 17.7 Å². The summed E-state index contributed by atoms with van der Waals surface area (Å²) < 4.78 is 32.8. The van der Waals surface area contributed by atoms with Gasteiger partial charge in [0.1, 0.15) is 6.54 Å². The fourth-order valence-corrected chi connectivity index (χ4v) is 3.81. The summed E-state index contributed by atoms with van der Waals surface area (Å²) in [4.78, 5) is 25.2. The van der Waals surface area contributed by atoms with Gasteiger partial charge < -0.3 is 9.64 Å². The largest absolute Gasteiger partial charge is 0.465 e. The summed E-state index contributed by atoms with van der Waals surface area (Å²) in [5.41, 5.74) is 2.37. The Morgan fingerprint density at radius 2 is 1.79 bits per heavy atom. The molecule has 9 heteroatoms. The third-order valence-corrected chi connectivity index (χ3v) is 5.96. The Kier molecular flexibility index (Phi) is 7.26. The summed E-state index contributed by atoms with van der Waals surface area (Å²) in [7, 11) is -2.54. The van der Waals surface area contributed by atoms with Crippen molar-refractivity contribution in [2.45, 2.75) is 25.7 Å². The van der Waals surface area contributed by atoms with Crippen LogP contribution in [0.3, 0.4) is 0 Å². The van der Waals surface area contributed by atoms with Crippen molar-refractivity contribution in [2.24, 2.45) is 0 Å². The molecule has 7 nitrogen and oxygen atoms in total. The number of carbonyl (C=O) groups is 2. The molecule has 0 bridgehead atoms. The number of aryl methyl sites for hydroxylation is 2. The lowest BCUT2D eigenvalue weighted by molar-refractivity contribution is -0.143. The number of anilines is 1. The molecule has 2 aromatic rings. The molecule has 0 saturated carbocycles. The molecule has 0 aliphatic carbocycles. The highest BCUT2D eigenvalue weighted by Gasteiger charge is 2.22. The van der Waals surface area contributed by atoms with Crippen LogP contribution in [0.25, 0.3) is 0 Å². The zero-order valence-corrected chi connectivity index (χ0v) is 18.2. The van der Waals surface area contributed by atoms with Crippen LogP contribution in [-0.2, 0) is 19.6 Å². The first-order valence-electron chi connectivity index (χ1n) is 8.86. The predicted molar refractivity (Wildman–Crippen MR) is 112 cm³/mol. The highest BCUT2D eigenvalue weighted by Crippen LogP contribution is 2.24. The van der Waals surface area contributed by atoms with Gasteiger partial charge in [0.25, 0.3) is 15.9 Å². The Morgan fingerprint density at radius 1 is 1.10 bits per heavy atom. The Hall–Kier alpha value is -2.58. The quantitative estimate of drug-likeness (QED) is 0.669. The van der Waals surface area contributed by atoms with E-state index in [-0.39, 0.29) is 28.6 Å². The summed E-state index contributed by atoms with van der Waals surface area (Å²) in [6, 6.07) is 9.04. The third-order valence-electron chi connectivity index (χ3n) is 4.26. The summed E-state index contributed by atoms with van der Waals surface area (Å²) in [5.74, 6) is -1.16. The van der Waals surface area contributed by atoms with Crippen LogP contribution in [0.2, 0.25) is 5.02 Å². The smallest absolute Gasteiger partial charge is 0.325 e. The molecule has 0 spiro atoms. The highest BCUT2D eigenvalue weighted by atomic mass is 35.5. The second kappa shape index (κ2) is 9.28. The number of rotatable bonds is 7. The second-order valence-electron chi connectivity index (χ2n) is 6.51. The lowest BCUT2D eigenvalue weighted by atomic mass is 10.1. The number of benzene rings is 2. The molecule has 0 atom stereocenters. The molecule has 29 heavy (non-hydrogen) atoms. The maximum atomic E-state index is 12.8. The number of esters is 1. The molecule has 0 aliphatic rings. The van der Waals surface area contributed by atoms with Gasteiger partial charge in [0.15, 0.2) is 0 Å². The summed E-state index contributed by atoms with van der Waals surface area (Å²) in [6.45, 7) is 5.39. The number of sulfonamides is 1. The molecular formula is C20H23ClN2O5S. The minimum Gasteiger partial charge on any atom is -0.465 e. The van der Waals surface area contributed by atoms with E-state index in [4.69, 9.17) is 16.3 Å². The molecule has 0 saturated heterocycles. The van der Waals surface area contributed by atoms with Crippen molar-refractivity contribution in [3.05, 3.63) is 58.1 Å². The SMILES string of the molecule is CCOC(=O)CN(C)C(=O)c1cc(S(=O)(=O)Nc2ccc(C)c(C)c2)ccc1Cl. The van der Waals surface area contributed by atoms with Crippen LogP contribution >= 0.6 is 11.6 Å². The number of halogens is 1. The van der Waals surface area contributed by atoms with E-state index < -0.39 is 21.9 Å². The number of nitrogens with one attached hydrogen (secondary N) is 1. The van der Waals surface area contributed by atoms with E-state index in [1.807, 2.05) is 19.9 Å². The number of hydrogen-bond donors (Lipinski definition) is 1. The zero-order chi connectivity index (χ0) is 21.8. The highest BCUT2D eigenvalue weighted by molar-refractivity contribution is 7.92. The molecule has 1 amide bonds. The maximum absolute atomic E-state index is 12.8. The Labute approximate surface area is 175 Å². The Balaban J connectivity index is 2.29. The molecule has 0 aromatic heterocycles. The first kappa shape index (κ1) is 22.7.